The van der Waals surface area contributed by atoms with E-state index in [1.54, 1.807) is 18.2 Å². The van der Waals surface area contributed by atoms with Gasteiger partial charge >= 0.3 is 0 Å². The first kappa shape index (κ1) is 11.2. The Labute approximate surface area is 100 Å². The van der Waals surface area contributed by atoms with Crippen LogP contribution in [0.1, 0.15) is 36.0 Å². The number of hydrogen-bond acceptors (Lipinski definition) is 2. The minimum Gasteiger partial charge on any atom is -0.398 e. The molecule has 0 amide bonds. The summed E-state index contributed by atoms with van der Waals surface area (Å²) in [6.45, 7) is 0. The molecular formula is C13H14ClNO. The van der Waals surface area contributed by atoms with Gasteiger partial charge in [0.25, 0.3) is 0 Å². The zero-order valence-corrected chi connectivity index (χ0v) is 9.76. The molecule has 0 bridgehead atoms. The Kier molecular flexibility index (Phi) is 3.30. The summed E-state index contributed by atoms with van der Waals surface area (Å²) in [4.78, 5) is 12.1. The molecule has 0 unspecified atom stereocenters. The van der Waals surface area contributed by atoms with Crippen LogP contribution < -0.4 is 5.73 Å². The van der Waals surface area contributed by atoms with Gasteiger partial charge in [0.1, 0.15) is 0 Å². The van der Waals surface area contributed by atoms with Gasteiger partial charge in [0.15, 0.2) is 5.78 Å². The zero-order valence-electron chi connectivity index (χ0n) is 9.00. The fourth-order valence-corrected chi connectivity index (χ4v) is 2.08. The van der Waals surface area contributed by atoms with Gasteiger partial charge in [-0.25, -0.2) is 0 Å². The molecule has 2 nitrogen and oxygen atoms in total. The van der Waals surface area contributed by atoms with Gasteiger partial charge in [-0.1, -0.05) is 17.7 Å². The molecule has 0 radical (unpaired) electrons. The standard InChI is InChI=1S/C13H14ClNO/c14-11-8-10(6-7-12(11)15)13(16)9-4-2-1-3-5-9/h4,6-8H,1-3,5,15H2. The number of allylic oxidation sites excluding steroid dienone is 2. The van der Waals surface area contributed by atoms with E-state index in [0.29, 0.717) is 16.3 Å². The van der Waals surface area contributed by atoms with Crippen molar-refractivity contribution in [2.75, 3.05) is 5.73 Å². The van der Waals surface area contributed by atoms with E-state index in [2.05, 4.69) is 0 Å². The molecule has 1 aliphatic rings. The number of halogens is 1. The maximum Gasteiger partial charge on any atom is 0.188 e. The van der Waals surface area contributed by atoms with Crippen molar-refractivity contribution in [2.24, 2.45) is 0 Å². The highest BCUT2D eigenvalue weighted by atomic mass is 35.5. The van der Waals surface area contributed by atoms with Crippen molar-refractivity contribution in [3.8, 4) is 0 Å². The van der Waals surface area contributed by atoms with Crippen LogP contribution >= 0.6 is 11.6 Å². The molecule has 2 rings (SSSR count). The Morgan fingerprint density at radius 3 is 2.75 bits per heavy atom. The summed E-state index contributed by atoms with van der Waals surface area (Å²) in [6, 6.07) is 5.06. The highest BCUT2D eigenvalue weighted by Gasteiger charge is 2.14. The summed E-state index contributed by atoms with van der Waals surface area (Å²) in [5.74, 6) is 0.0848. The average molecular weight is 236 g/mol. The van der Waals surface area contributed by atoms with Crippen molar-refractivity contribution in [3.63, 3.8) is 0 Å². The van der Waals surface area contributed by atoms with Crippen LogP contribution in [0.3, 0.4) is 0 Å². The number of nitrogens with two attached hydrogens (primary N) is 1. The number of rotatable bonds is 2. The summed E-state index contributed by atoms with van der Waals surface area (Å²) in [6.07, 6.45) is 6.19. The number of Topliss-reactive ketones (excluding diaryl/α,β-unsaturated/α-hetero) is 1. The third-order valence-corrected chi connectivity index (χ3v) is 3.17. The Morgan fingerprint density at radius 1 is 1.31 bits per heavy atom. The Bertz CT molecular complexity index is 451. The lowest BCUT2D eigenvalue weighted by atomic mass is 9.93. The third-order valence-electron chi connectivity index (χ3n) is 2.85. The number of anilines is 1. The van der Waals surface area contributed by atoms with E-state index in [-0.39, 0.29) is 5.78 Å². The predicted octanol–water partition coefficient (Wildman–Crippen LogP) is 3.61. The first-order valence-corrected chi connectivity index (χ1v) is 5.85. The van der Waals surface area contributed by atoms with E-state index >= 15 is 0 Å². The maximum absolute atomic E-state index is 12.1. The molecule has 0 saturated carbocycles. The number of hydrogen-bond donors (Lipinski definition) is 1. The van der Waals surface area contributed by atoms with Crippen LogP contribution in [-0.2, 0) is 0 Å². The van der Waals surface area contributed by atoms with Crippen LogP contribution in [0.15, 0.2) is 29.8 Å². The second-order valence-corrected chi connectivity index (χ2v) is 4.45. The van der Waals surface area contributed by atoms with Gasteiger partial charge in [-0.2, -0.15) is 0 Å². The average Bonchev–Trinajstić information content (AvgIpc) is 2.33. The van der Waals surface area contributed by atoms with Crippen molar-refractivity contribution in [1.29, 1.82) is 0 Å². The first-order chi connectivity index (χ1) is 7.68. The molecule has 1 aliphatic carbocycles. The Hall–Kier alpha value is -1.28. The van der Waals surface area contributed by atoms with Crippen LogP contribution in [0, 0.1) is 0 Å². The second-order valence-electron chi connectivity index (χ2n) is 4.04. The fraction of sp³-hybridized carbons (Fsp3) is 0.308. The third kappa shape index (κ3) is 2.27. The van der Waals surface area contributed by atoms with Crippen LogP contribution in [0.5, 0.6) is 0 Å². The van der Waals surface area contributed by atoms with Gasteiger partial charge in [-0.05, 0) is 49.5 Å². The number of carbonyl (C=O) groups excluding carboxylic acids is 1. The molecule has 84 valence electrons. The Balaban J connectivity index is 2.26. The molecule has 0 heterocycles. The van der Waals surface area contributed by atoms with Gasteiger partial charge in [-0.15, -0.1) is 0 Å². The molecule has 0 atom stereocenters. The highest BCUT2D eigenvalue weighted by Crippen LogP contribution is 2.25. The summed E-state index contributed by atoms with van der Waals surface area (Å²) < 4.78 is 0. The van der Waals surface area contributed by atoms with E-state index in [1.165, 1.54) is 6.42 Å². The van der Waals surface area contributed by atoms with Crippen molar-refractivity contribution in [1.82, 2.24) is 0 Å². The largest absolute Gasteiger partial charge is 0.398 e. The van der Waals surface area contributed by atoms with Gasteiger partial charge < -0.3 is 5.73 Å². The molecule has 0 spiro atoms. The number of nitrogen functional groups attached to an aromatic ring is 1. The van der Waals surface area contributed by atoms with Gasteiger partial charge in [0, 0.05) is 5.56 Å². The highest BCUT2D eigenvalue weighted by molar-refractivity contribution is 6.33. The van der Waals surface area contributed by atoms with Gasteiger partial charge in [-0.3, -0.25) is 4.79 Å². The van der Waals surface area contributed by atoms with E-state index in [1.807, 2.05) is 6.08 Å². The van der Waals surface area contributed by atoms with Crippen molar-refractivity contribution >= 4 is 23.1 Å². The van der Waals surface area contributed by atoms with Crippen molar-refractivity contribution in [2.45, 2.75) is 25.7 Å². The quantitative estimate of drug-likeness (QED) is 0.629. The number of ketones is 1. The lowest BCUT2D eigenvalue weighted by Crippen LogP contribution is -2.06. The molecule has 16 heavy (non-hydrogen) atoms. The van der Waals surface area contributed by atoms with E-state index in [4.69, 9.17) is 17.3 Å². The minimum atomic E-state index is 0.0848. The van der Waals surface area contributed by atoms with Crippen molar-refractivity contribution in [3.05, 3.63) is 40.4 Å². The van der Waals surface area contributed by atoms with E-state index in [9.17, 15) is 4.79 Å². The molecular weight excluding hydrogens is 222 g/mol. The molecule has 0 aliphatic heterocycles. The number of benzene rings is 1. The maximum atomic E-state index is 12.1. The van der Waals surface area contributed by atoms with E-state index < -0.39 is 0 Å². The van der Waals surface area contributed by atoms with E-state index in [0.717, 1.165) is 24.8 Å². The smallest absolute Gasteiger partial charge is 0.188 e. The minimum absolute atomic E-state index is 0.0848. The zero-order chi connectivity index (χ0) is 11.5. The van der Waals surface area contributed by atoms with Crippen LogP contribution in [-0.4, -0.2) is 5.78 Å². The summed E-state index contributed by atoms with van der Waals surface area (Å²) in [7, 11) is 0. The summed E-state index contributed by atoms with van der Waals surface area (Å²) in [5, 5.41) is 0.447. The normalized spacial score (nSPS) is 15.7. The molecule has 3 heteroatoms. The van der Waals surface area contributed by atoms with Gasteiger partial charge in [0.2, 0.25) is 0 Å². The lowest BCUT2D eigenvalue weighted by Gasteiger charge is -2.11. The van der Waals surface area contributed by atoms with Crippen molar-refractivity contribution < 1.29 is 4.79 Å². The molecule has 1 aromatic carbocycles. The first-order valence-electron chi connectivity index (χ1n) is 5.47. The Morgan fingerprint density at radius 2 is 2.12 bits per heavy atom. The van der Waals surface area contributed by atoms with Crippen LogP contribution in [0.4, 0.5) is 5.69 Å². The monoisotopic (exact) mass is 235 g/mol. The lowest BCUT2D eigenvalue weighted by molar-refractivity contribution is 0.102. The van der Waals surface area contributed by atoms with Crippen LogP contribution in [0.2, 0.25) is 5.02 Å². The molecule has 2 N–H and O–H groups in total. The summed E-state index contributed by atoms with van der Waals surface area (Å²) in [5.41, 5.74) is 7.66. The fourth-order valence-electron chi connectivity index (χ4n) is 1.90. The second kappa shape index (κ2) is 4.71. The van der Waals surface area contributed by atoms with Gasteiger partial charge in [0.05, 0.1) is 10.7 Å². The predicted molar refractivity (Wildman–Crippen MR) is 66.7 cm³/mol. The molecule has 1 aromatic rings. The summed E-state index contributed by atoms with van der Waals surface area (Å²) >= 11 is 5.90. The number of carbonyl (C=O) groups is 1. The molecule has 0 saturated heterocycles. The SMILES string of the molecule is Nc1ccc(C(=O)C2=CCCCC2)cc1Cl. The molecule has 0 fully saturated rings. The topological polar surface area (TPSA) is 43.1 Å². The molecule has 0 aromatic heterocycles. The van der Waals surface area contributed by atoms with Crippen LogP contribution in [0.25, 0.3) is 0 Å².